The molecule has 1 fully saturated rings. The van der Waals surface area contributed by atoms with E-state index in [1.807, 2.05) is 6.07 Å². The Balaban J connectivity index is 2.26. The molecule has 0 saturated carbocycles. The van der Waals surface area contributed by atoms with Gasteiger partial charge in [-0.3, -0.25) is 19.6 Å². The summed E-state index contributed by atoms with van der Waals surface area (Å²) in [5.74, 6) is -2.50. The second-order valence-corrected chi connectivity index (χ2v) is 4.46. The lowest BCUT2D eigenvalue weighted by atomic mass is 9.92. The van der Waals surface area contributed by atoms with E-state index in [0.29, 0.717) is 0 Å². The van der Waals surface area contributed by atoms with Gasteiger partial charge < -0.3 is 4.90 Å². The monoisotopic (exact) mass is 262 g/mol. The van der Waals surface area contributed by atoms with Gasteiger partial charge in [0, 0.05) is 6.04 Å². The van der Waals surface area contributed by atoms with Crippen molar-refractivity contribution in [2.75, 3.05) is 6.54 Å². The fraction of sp³-hybridized carbons (Fsp3) is 0.308. The van der Waals surface area contributed by atoms with Crippen molar-refractivity contribution in [3.8, 4) is 0 Å². The number of likely N-dealkylation sites (tertiary alicyclic amines) is 1. The third-order valence-electron chi connectivity index (χ3n) is 3.33. The van der Waals surface area contributed by atoms with Crippen molar-refractivity contribution in [1.82, 2.24) is 10.4 Å². The number of rotatable bonds is 3. The highest BCUT2D eigenvalue weighted by atomic mass is 16.5. The third kappa shape index (κ3) is 2.34. The average molecular weight is 262 g/mol. The summed E-state index contributed by atoms with van der Waals surface area (Å²) in [7, 11) is 0. The van der Waals surface area contributed by atoms with Crippen LogP contribution in [-0.4, -0.2) is 40.3 Å². The van der Waals surface area contributed by atoms with Crippen LogP contribution in [0.1, 0.15) is 18.4 Å². The second kappa shape index (κ2) is 5.19. The molecule has 1 saturated heterocycles. The molecule has 2 amide bonds. The van der Waals surface area contributed by atoms with Crippen LogP contribution in [-0.2, 0) is 14.4 Å². The lowest BCUT2D eigenvalue weighted by molar-refractivity contribution is -0.143. The Morgan fingerprint density at radius 1 is 1.32 bits per heavy atom. The van der Waals surface area contributed by atoms with Gasteiger partial charge in [-0.15, -0.1) is 0 Å². The number of amides is 2. The molecule has 1 aliphatic rings. The Morgan fingerprint density at radius 3 is 2.53 bits per heavy atom. The summed E-state index contributed by atoms with van der Waals surface area (Å²) < 4.78 is 0. The fourth-order valence-electron chi connectivity index (χ4n) is 2.35. The topological polar surface area (TPSA) is 86.7 Å². The molecule has 2 N–H and O–H groups in total. The van der Waals surface area contributed by atoms with Crippen molar-refractivity contribution in [2.45, 2.75) is 18.9 Å². The number of nitrogens with zero attached hydrogens (tertiary/aromatic N) is 1. The van der Waals surface area contributed by atoms with Gasteiger partial charge >= 0.3 is 0 Å². The molecule has 19 heavy (non-hydrogen) atoms. The zero-order chi connectivity index (χ0) is 14.0. The average Bonchev–Trinajstić information content (AvgIpc) is 2.63. The maximum Gasteiger partial charge on any atom is 0.291 e. The van der Waals surface area contributed by atoms with E-state index in [0.717, 1.165) is 5.56 Å². The molecule has 2 unspecified atom stereocenters. The molecule has 0 aliphatic carbocycles. The van der Waals surface area contributed by atoms with Gasteiger partial charge in [-0.2, -0.15) is 0 Å². The van der Waals surface area contributed by atoms with E-state index in [9.17, 15) is 14.4 Å². The van der Waals surface area contributed by atoms with Crippen molar-refractivity contribution in [2.24, 2.45) is 0 Å². The molecular formula is C13H14N2O4. The molecule has 0 aromatic heterocycles. The van der Waals surface area contributed by atoms with E-state index in [1.54, 1.807) is 31.2 Å². The van der Waals surface area contributed by atoms with E-state index in [1.165, 1.54) is 10.4 Å². The van der Waals surface area contributed by atoms with Crippen molar-refractivity contribution in [3.63, 3.8) is 0 Å². The molecule has 0 spiro atoms. The first-order valence-corrected chi connectivity index (χ1v) is 5.89. The van der Waals surface area contributed by atoms with Crippen LogP contribution in [0.5, 0.6) is 0 Å². The predicted molar refractivity (Wildman–Crippen MR) is 65.3 cm³/mol. The zero-order valence-corrected chi connectivity index (χ0v) is 10.4. The predicted octanol–water partition coefficient (Wildman–Crippen LogP) is 0.0754. The van der Waals surface area contributed by atoms with Gasteiger partial charge in [0.15, 0.2) is 0 Å². The lowest BCUT2D eigenvalue weighted by Crippen LogP contribution is -2.41. The van der Waals surface area contributed by atoms with Gasteiger partial charge in [0.25, 0.3) is 11.8 Å². The van der Waals surface area contributed by atoms with Crippen LogP contribution < -0.4 is 5.48 Å². The standard InChI is InChI=1S/C13H14N2O4/c1-8-11(9-5-3-2-4-6-9)12(17)13(18)15(8)7-10(16)14-19/h2-6,8,11,19H,7H2,1H3,(H,14,16). The Kier molecular flexibility index (Phi) is 3.62. The highest BCUT2D eigenvalue weighted by Gasteiger charge is 2.46. The molecule has 1 aliphatic heterocycles. The molecule has 1 heterocycles. The van der Waals surface area contributed by atoms with Gasteiger partial charge in [-0.25, -0.2) is 5.48 Å². The number of carbonyl (C=O) groups is 3. The SMILES string of the molecule is CC1C(c2ccccc2)C(=O)C(=O)N1CC(=O)NO. The van der Waals surface area contributed by atoms with E-state index >= 15 is 0 Å². The van der Waals surface area contributed by atoms with Gasteiger partial charge in [-0.1, -0.05) is 30.3 Å². The number of benzene rings is 1. The van der Waals surface area contributed by atoms with E-state index in [-0.39, 0.29) is 6.54 Å². The molecule has 1 aromatic rings. The number of nitrogens with one attached hydrogen (secondary N) is 1. The largest absolute Gasteiger partial charge is 0.323 e. The van der Waals surface area contributed by atoms with Crippen LogP contribution >= 0.6 is 0 Å². The lowest BCUT2D eigenvalue weighted by Gasteiger charge is -2.22. The van der Waals surface area contributed by atoms with Crippen LogP contribution in [0, 0.1) is 0 Å². The van der Waals surface area contributed by atoms with Crippen LogP contribution in [0.4, 0.5) is 0 Å². The second-order valence-electron chi connectivity index (χ2n) is 4.46. The molecule has 2 rings (SSSR count). The molecule has 6 nitrogen and oxygen atoms in total. The summed E-state index contributed by atoms with van der Waals surface area (Å²) in [5, 5.41) is 8.49. The minimum atomic E-state index is -0.721. The zero-order valence-electron chi connectivity index (χ0n) is 10.4. The van der Waals surface area contributed by atoms with Gasteiger partial charge in [-0.05, 0) is 12.5 Å². The number of carbonyl (C=O) groups excluding carboxylic acids is 3. The molecule has 2 atom stereocenters. The minimum absolute atomic E-state index is 0.328. The molecule has 100 valence electrons. The van der Waals surface area contributed by atoms with Crippen molar-refractivity contribution >= 4 is 17.6 Å². The van der Waals surface area contributed by atoms with Crippen molar-refractivity contribution < 1.29 is 19.6 Å². The number of hydrogen-bond acceptors (Lipinski definition) is 4. The first-order valence-electron chi connectivity index (χ1n) is 5.89. The Bertz CT molecular complexity index is 515. The molecule has 0 radical (unpaired) electrons. The molecule has 0 bridgehead atoms. The third-order valence-corrected chi connectivity index (χ3v) is 3.33. The highest BCUT2D eigenvalue weighted by Crippen LogP contribution is 2.31. The van der Waals surface area contributed by atoms with Crippen LogP contribution in [0.15, 0.2) is 30.3 Å². The van der Waals surface area contributed by atoms with Crippen LogP contribution in [0.3, 0.4) is 0 Å². The van der Waals surface area contributed by atoms with Gasteiger partial charge in [0.1, 0.15) is 6.54 Å². The first-order chi connectivity index (χ1) is 9.06. The summed E-state index contributed by atoms with van der Waals surface area (Å²) >= 11 is 0. The minimum Gasteiger partial charge on any atom is -0.323 e. The maximum absolute atomic E-state index is 12.0. The quantitative estimate of drug-likeness (QED) is 0.458. The van der Waals surface area contributed by atoms with Gasteiger partial charge in [0.2, 0.25) is 5.78 Å². The maximum atomic E-state index is 12.0. The Hall–Kier alpha value is -2.21. The summed E-state index contributed by atoms with van der Waals surface area (Å²) in [6.45, 7) is 1.39. The number of ketones is 1. The van der Waals surface area contributed by atoms with Crippen LogP contribution in [0.2, 0.25) is 0 Å². The molecule has 6 heteroatoms. The number of hydrogen-bond donors (Lipinski definition) is 2. The summed E-state index contributed by atoms with van der Waals surface area (Å²) in [6, 6.07) is 8.56. The first kappa shape index (κ1) is 13.2. The number of hydroxylamine groups is 1. The van der Waals surface area contributed by atoms with E-state index in [4.69, 9.17) is 5.21 Å². The van der Waals surface area contributed by atoms with Gasteiger partial charge in [0.05, 0.1) is 5.92 Å². The summed E-state index contributed by atoms with van der Waals surface area (Å²) in [4.78, 5) is 36.2. The molecule has 1 aromatic carbocycles. The summed E-state index contributed by atoms with van der Waals surface area (Å²) in [6.07, 6.45) is 0. The van der Waals surface area contributed by atoms with Crippen molar-refractivity contribution in [3.05, 3.63) is 35.9 Å². The Morgan fingerprint density at radius 2 is 1.95 bits per heavy atom. The smallest absolute Gasteiger partial charge is 0.291 e. The normalized spacial score (nSPS) is 22.7. The number of Topliss-reactive ketones (excluding diaryl/α,β-unsaturated/α-hetero) is 1. The Labute approximate surface area is 110 Å². The van der Waals surface area contributed by atoms with E-state index < -0.39 is 29.6 Å². The fourth-order valence-corrected chi connectivity index (χ4v) is 2.35. The van der Waals surface area contributed by atoms with Crippen LogP contribution in [0.25, 0.3) is 0 Å². The van der Waals surface area contributed by atoms with E-state index in [2.05, 4.69) is 0 Å². The van der Waals surface area contributed by atoms with Crippen molar-refractivity contribution in [1.29, 1.82) is 0 Å². The molecular weight excluding hydrogens is 248 g/mol. The summed E-state index contributed by atoms with van der Waals surface area (Å²) in [5.41, 5.74) is 2.21. The highest BCUT2D eigenvalue weighted by molar-refractivity contribution is 6.40.